The van der Waals surface area contributed by atoms with E-state index in [4.69, 9.17) is 16.0 Å². The minimum atomic E-state index is -0.468. The Kier molecular flexibility index (Phi) is 3.82. The molecule has 0 unspecified atom stereocenters. The maximum atomic E-state index is 13.8. The van der Waals surface area contributed by atoms with Gasteiger partial charge in [0.15, 0.2) is 11.4 Å². The van der Waals surface area contributed by atoms with Crippen LogP contribution in [0, 0.1) is 5.82 Å². The summed E-state index contributed by atoms with van der Waals surface area (Å²) in [6.07, 6.45) is 0. The van der Waals surface area contributed by atoms with Crippen molar-refractivity contribution >= 4 is 28.5 Å². The molecule has 0 saturated carbocycles. The number of hydrogen-bond donors (Lipinski definition) is 0. The molecule has 122 valence electrons. The van der Waals surface area contributed by atoms with Gasteiger partial charge in [0.05, 0.1) is 5.56 Å². The molecule has 0 bridgehead atoms. The quantitative estimate of drug-likeness (QED) is 0.456. The second-order valence-corrected chi connectivity index (χ2v) is 5.95. The summed E-state index contributed by atoms with van der Waals surface area (Å²) in [6, 6.07) is 17.7. The average molecular weight is 352 g/mol. The summed E-state index contributed by atoms with van der Waals surface area (Å²) < 4.78 is 19.5. The zero-order chi connectivity index (χ0) is 17.4. The van der Waals surface area contributed by atoms with Gasteiger partial charge in [0.25, 0.3) is 0 Å². The molecule has 0 atom stereocenters. The molecule has 4 rings (SSSR count). The number of halogens is 2. The molecule has 0 spiro atoms. The number of aromatic nitrogens is 1. The zero-order valence-corrected chi connectivity index (χ0v) is 13.6. The largest absolute Gasteiger partial charge is 0.436 e. The van der Waals surface area contributed by atoms with Gasteiger partial charge in [-0.1, -0.05) is 23.7 Å². The minimum absolute atomic E-state index is 0.206. The van der Waals surface area contributed by atoms with E-state index in [1.54, 1.807) is 36.4 Å². The average Bonchev–Trinajstić information content (AvgIpc) is 3.06. The van der Waals surface area contributed by atoms with Gasteiger partial charge in [0.2, 0.25) is 5.89 Å². The van der Waals surface area contributed by atoms with E-state index in [9.17, 15) is 9.18 Å². The lowest BCUT2D eigenvalue weighted by Crippen LogP contribution is -2.04. The minimum Gasteiger partial charge on any atom is -0.436 e. The Morgan fingerprint density at radius 1 is 1.00 bits per heavy atom. The first-order chi connectivity index (χ1) is 12.1. The fourth-order valence-electron chi connectivity index (χ4n) is 2.64. The van der Waals surface area contributed by atoms with Crippen LogP contribution < -0.4 is 0 Å². The molecule has 1 heterocycles. The molecule has 5 heteroatoms. The molecule has 4 aromatic rings. The number of ketones is 1. The van der Waals surface area contributed by atoms with Crippen LogP contribution in [0.5, 0.6) is 0 Å². The lowest BCUT2D eigenvalue weighted by Gasteiger charge is -2.06. The topological polar surface area (TPSA) is 43.1 Å². The number of fused-ring (bicyclic) bond motifs is 1. The molecule has 0 aliphatic carbocycles. The van der Waals surface area contributed by atoms with Gasteiger partial charge in [-0.3, -0.25) is 4.79 Å². The molecule has 0 saturated heterocycles. The Labute approximate surface area is 147 Å². The van der Waals surface area contributed by atoms with Crippen molar-refractivity contribution in [3.8, 4) is 11.5 Å². The van der Waals surface area contributed by atoms with Crippen LogP contribution in [0.2, 0.25) is 5.02 Å². The Morgan fingerprint density at radius 2 is 1.76 bits per heavy atom. The third kappa shape index (κ3) is 2.92. The smallest absolute Gasteiger partial charge is 0.228 e. The van der Waals surface area contributed by atoms with Crippen LogP contribution in [0.15, 0.2) is 71.1 Å². The molecular weight excluding hydrogens is 341 g/mol. The lowest BCUT2D eigenvalue weighted by molar-refractivity contribution is 0.103. The van der Waals surface area contributed by atoms with Crippen molar-refractivity contribution < 1.29 is 13.6 Å². The molecule has 0 aliphatic heterocycles. The number of nitrogens with zero attached hydrogens (tertiary/aromatic N) is 1. The van der Waals surface area contributed by atoms with E-state index in [2.05, 4.69) is 4.98 Å². The van der Waals surface area contributed by atoms with E-state index in [1.165, 1.54) is 18.2 Å². The van der Waals surface area contributed by atoms with Crippen molar-refractivity contribution in [3.63, 3.8) is 0 Å². The van der Waals surface area contributed by atoms with E-state index in [1.807, 2.05) is 12.1 Å². The predicted molar refractivity (Wildman–Crippen MR) is 94.3 cm³/mol. The summed E-state index contributed by atoms with van der Waals surface area (Å²) in [6.45, 7) is 0. The fourth-order valence-corrected chi connectivity index (χ4v) is 2.76. The third-order valence-electron chi connectivity index (χ3n) is 3.86. The molecule has 0 radical (unpaired) electrons. The van der Waals surface area contributed by atoms with Crippen molar-refractivity contribution in [1.82, 2.24) is 4.98 Å². The van der Waals surface area contributed by atoms with Crippen molar-refractivity contribution in [3.05, 3.63) is 88.7 Å². The van der Waals surface area contributed by atoms with Crippen LogP contribution in [-0.2, 0) is 0 Å². The first-order valence-corrected chi connectivity index (χ1v) is 7.95. The standard InChI is InChI=1S/C20H11ClFNO2/c21-13-7-5-12(6-8-13)19(24)15-10-9-14(22)11-16(15)20-23-17-3-1-2-4-18(17)25-20/h1-11H. The number of carbonyl (C=O) groups is 1. The Hall–Kier alpha value is -2.98. The summed E-state index contributed by atoms with van der Waals surface area (Å²) in [7, 11) is 0. The zero-order valence-electron chi connectivity index (χ0n) is 12.9. The summed E-state index contributed by atoms with van der Waals surface area (Å²) in [5, 5.41) is 0.537. The van der Waals surface area contributed by atoms with Gasteiger partial charge in [0, 0.05) is 16.1 Å². The van der Waals surface area contributed by atoms with Gasteiger partial charge in [-0.25, -0.2) is 9.37 Å². The molecule has 3 aromatic carbocycles. The number of hydrogen-bond acceptors (Lipinski definition) is 3. The Morgan fingerprint density at radius 3 is 2.52 bits per heavy atom. The molecule has 3 nitrogen and oxygen atoms in total. The highest BCUT2D eigenvalue weighted by atomic mass is 35.5. The number of oxazole rings is 1. The van der Waals surface area contributed by atoms with Crippen molar-refractivity contribution in [2.24, 2.45) is 0 Å². The van der Waals surface area contributed by atoms with E-state index in [0.717, 1.165) is 0 Å². The molecule has 0 N–H and O–H groups in total. The number of benzene rings is 3. The van der Waals surface area contributed by atoms with Gasteiger partial charge >= 0.3 is 0 Å². The summed E-state index contributed by atoms with van der Waals surface area (Å²) in [5.74, 6) is -0.517. The van der Waals surface area contributed by atoms with Crippen LogP contribution in [0.25, 0.3) is 22.6 Å². The van der Waals surface area contributed by atoms with Crippen molar-refractivity contribution in [1.29, 1.82) is 0 Å². The number of rotatable bonds is 3. The highest BCUT2D eigenvalue weighted by molar-refractivity contribution is 6.30. The molecule has 25 heavy (non-hydrogen) atoms. The van der Waals surface area contributed by atoms with E-state index < -0.39 is 5.82 Å². The summed E-state index contributed by atoms with van der Waals surface area (Å²) in [4.78, 5) is 17.2. The van der Waals surface area contributed by atoms with Gasteiger partial charge in [-0.15, -0.1) is 0 Å². The monoisotopic (exact) mass is 351 g/mol. The molecular formula is C20H11ClFNO2. The SMILES string of the molecule is O=C(c1ccc(Cl)cc1)c1ccc(F)cc1-c1nc2ccccc2o1. The molecule has 0 aliphatic rings. The highest BCUT2D eigenvalue weighted by Crippen LogP contribution is 2.29. The van der Waals surface area contributed by atoms with Gasteiger partial charge in [0.1, 0.15) is 11.3 Å². The molecule has 1 aromatic heterocycles. The summed E-state index contributed by atoms with van der Waals surface area (Å²) in [5.41, 5.74) is 2.30. The van der Waals surface area contributed by atoms with E-state index >= 15 is 0 Å². The van der Waals surface area contributed by atoms with Gasteiger partial charge in [-0.05, 0) is 54.6 Å². The van der Waals surface area contributed by atoms with Gasteiger partial charge in [-0.2, -0.15) is 0 Å². The first kappa shape index (κ1) is 15.5. The van der Waals surface area contributed by atoms with Crippen LogP contribution in [0.1, 0.15) is 15.9 Å². The van der Waals surface area contributed by atoms with Crippen LogP contribution in [-0.4, -0.2) is 10.8 Å². The van der Waals surface area contributed by atoms with Gasteiger partial charge < -0.3 is 4.42 Å². The van der Waals surface area contributed by atoms with Crippen LogP contribution >= 0.6 is 11.6 Å². The third-order valence-corrected chi connectivity index (χ3v) is 4.11. The normalized spacial score (nSPS) is 11.0. The van der Waals surface area contributed by atoms with Crippen LogP contribution in [0.4, 0.5) is 4.39 Å². The fraction of sp³-hybridized carbons (Fsp3) is 0. The number of carbonyl (C=O) groups excluding carboxylic acids is 1. The lowest BCUT2D eigenvalue weighted by atomic mass is 9.98. The van der Waals surface area contributed by atoms with Crippen LogP contribution in [0.3, 0.4) is 0 Å². The number of para-hydroxylation sites is 2. The maximum absolute atomic E-state index is 13.8. The van der Waals surface area contributed by atoms with Crippen molar-refractivity contribution in [2.75, 3.05) is 0 Å². The molecule has 0 amide bonds. The maximum Gasteiger partial charge on any atom is 0.228 e. The second-order valence-electron chi connectivity index (χ2n) is 5.51. The molecule has 0 fully saturated rings. The first-order valence-electron chi connectivity index (χ1n) is 7.57. The Bertz CT molecular complexity index is 1050. The summed E-state index contributed by atoms with van der Waals surface area (Å²) >= 11 is 5.87. The van der Waals surface area contributed by atoms with Crippen molar-refractivity contribution in [2.45, 2.75) is 0 Å². The highest BCUT2D eigenvalue weighted by Gasteiger charge is 2.19. The predicted octanol–water partition coefficient (Wildman–Crippen LogP) is 5.52. The Balaban J connectivity index is 1.86. The van der Waals surface area contributed by atoms with E-state index in [-0.39, 0.29) is 11.7 Å². The van der Waals surface area contributed by atoms with E-state index in [0.29, 0.717) is 32.8 Å². The second kappa shape index (κ2) is 6.15.